The van der Waals surface area contributed by atoms with Crippen molar-refractivity contribution in [2.75, 3.05) is 6.61 Å². The van der Waals surface area contributed by atoms with E-state index in [0.29, 0.717) is 30.9 Å². The van der Waals surface area contributed by atoms with Crippen molar-refractivity contribution >= 4 is 5.78 Å². The van der Waals surface area contributed by atoms with Crippen LogP contribution in [-0.4, -0.2) is 23.1 Å². The lowest BCUT2D eigenvalue weighted by Gasteiger charge is -2.30. The fraction of sp³-hybridized carbons (Fsp3) is 0.600. The molecule has 2 heterocycles. The molecule has 1 aromatic heterocycles. The number of aromatic nitrogens is 1. The van der Waals surface area contributed by atoms with Gasteiger partial charge in [0.2, 0.25) is 0 Å². The fourth-order valence-corrected chi connectivity index (χ4v) is 3.77. The summed E-state index contributed by atoms with van der Waals surface area (Å²) in [5, 5.41) is 0. The first-order valence-corrected chi connectivity index (χ1v) is 8.87. The summed E-state index contributed by atoms with van der Waals surface area (Å²) in [6, 6.07) is 3.34. The van der Waals surface area contributed by atoms with Crippen LogP contribution in [-0.2, 0) is 16.0 Å². The molecule has 1 aliphatic carbocycles. The van der Waals surface area contributed by atoms with Crippen LogP contribution in [0.3, 0.4) is 0 Å². The van der Waals surface area contributed by atoms with Gasteiger partial charge in [0.25, 0.3) is 5.56 Å². The third-order valence-electron chi connectivity index (χ3n) is 5.21. The topological polar surface area (TPSA) is 48.3 Å². The minimum Gasteiger partial charge on any atom is -0.376 e. The quantitative estimate of drug-likeness (QED) is 0.802. The SMILES string of the molecule is CC#CC1CCC(OCC2C(=O)CCc3ccc(C)c(=O)n32)CC1. The minimum absolute atomic E-state index is 0.0592. The first-order chi connectivity index (χ1) is 11.6. The third-order valence-corrected chi connectivity index (χ3v) is 5.21. The average Bonchev–Trinajstić information content (AvgIpc) is 2.59. The highest BCUT2D eigenvalue weighted by molar-refractivity contribution is 5.84. The third kappa shape index (κ3) is 3.47. The van der Waals surface area contributed by atoms with E-state index in [0.717, 1.165) is 31.4 Å². The van der Waals surface area contributed by atoms with E-state index in [2.05, 4.69) is 11.8 Å². The molecule has 1 atom stereocenters. The number of pyridine rings is 1. The Morgan fingerprint density at radius 2 is 1.92 bits per heavy atom. The lowest BCUT2D eigenvalue weighted by atomic mass is 9.88. The van der Waals surface area contributed by atoms with Crippen molar-refractivity contribution in [2.24, 2.45) is 5.92 Å². The van der Waals surface area contributed by atoms with Gasteiger partial charge in [-0.05, 0) is 52.0 Å². The molecule has 1 unspecified atom stereocenters. The number of aryl methyl sites for hydroxylation is 2. The van der Waals surface area contributed by atoms with Crippen molar-refractivity contribution in [3.8, 4) is 11.8 Å². The van der Waals surface area contributed by atoms with Crippen molar-refractivity contribution in [3.05, 3.63) is 33.7 Å². The molecule has 4 nitrogen and oxygen atoms in total. The van der Waals surface area contributed by atoms with Crippen molar-refractivity contribution in [2.45, 2.75) is 64.5 Å². The van der Waals surface area contributed by atoms with Gasteiger partial charge >= 0.3 is 0 Å². The Morgan fingerprint density at radius 1 is 1.17 bits per heavy atom. The first-order valence-electron chi connectivity index (χ1n) is 8.87. The van der Waals surface area contributed by atoms with Gasteiger partial charge in [-0.25, -0.2) is 0 Å². The molecule has 1 saturated carbocycles. The van der Waals surface area contributed by atoms with E-state index in [-0.39, 0.29) is 17.4 Å². The molecule has 0 saturated heterocycles. The largest absolute Gasteiger partial charge is 0.376 e. The number of hydrogen-bond acceptors (Lipinski definition) is 3. The molecule has 1 aromatic rings. The lowest BCUT2D eigenvalue weighted by Crippen LogP contribution is -2.40. The van der Waals surface area contributed by atoms with E-state index >= 15 is 0 Å². The Bertz CT molecular complexity index is 729. The lowest BCUT2D eigenvalue weighted by molar-refractivity contribution is -0.126. The maximum absolute atomic E-state index is 12.5. The van der Waals surface area contributed by atoms with Crippen molar-refractivity contribution in [1.82, 2.24) is 4.57 Å². The van der Waals surface area contributed by atoms with Crippen LogP contribution in [0.4, 0.5) is 0 Å². The maximum atomic E-state index is 12.5. The molecule has 2 aliphatic rings. The standard InChI is InChI=1S/C20H25NO3/c1-3-4-15-6-10-17(11-7-15)24-13-18-19(22)12-9-16-8-5-14(2)20(23)21(16)18/h5,8,15,17-18H,6-7,9-13H2,1-2H3. The summed E-state index contributed by atoms with van der Waals surface area (Å²) in [6.07, 6.45) is 5.39. The summed E-state index contributed by atoms with van der Waals surface area (Å²) >= 11 is 0. The molecule has 0 bridgehead atoms. The van der Waals surface area contributed by atoms with Crippen LogP contribution in [0.2, 0.25) is 0 Å². The number of carbonyl (C=O) groups excluding carboxylic acids is 1. The summed E-state index contributed by atoms with van der Waals surface area (Å²) in [5.74, 6) is 6.83. The second-order valence-corrected chi connectivity index (χ2v) is 6.87. The van der Waals surface area contributed by atoms with Gasteiger partial charge in [-0.15, -0.1) is 11.8 Å². The van der Waals surface area contributed by atoms with Crippen LogP contribution < -0.4 is 5.56 Å². The van der Waals surface area contributed by atoms with Gasteiger partial charge in [-0.2, -0.15) is 0 Å². The van der Waals surface area contributed by atoms with Gasteiger partial charge in [0.15, 0.2) is 5.78 Å². The number of fused-ring (bicyclic) bond motifs is 1. The summed E-state index contributed by atoms with van der Waals surface area (Å²) < 4.78 is 7.70. The molecule has 3 rings (SSSR count). The predicted octanol–water partition coefficient (Wildman–Crippen LogP) is 2.81. The number of ketones is 1. The first kappa shape index (κ1) is 17.0. The Kier molecular flexibility index (Phi) is 5.20. The van der Waals surface area contributed by atoms with Gasteiger partial charge in [0, 0.05) is 23.6 Å². The molecule has 0 aromatic carbocycles. The number of rotatable bonds is 3. The number of ether oxygens (including phenoxy) is 1. The van der Waals surface area contributed by atoms with Crippen LogP contribution in [0.5, 0.6) is 0 Å². The van der Waals surface area contributed by atoms with Crippen LogP contribution in [0.25, 0.3) is 0 Å². The fourth-order valence-electron chi connectivity index (χ4n) is 3.77. The molecule has 0 radical (unpaired) electrons. The van der Waals surface area contributed by atoms with E-state index in [4.69, 9.17) is 4.74 Å². The van der Waals surface area contributed by atoms with Crippen LogP contribution >= 0.6 is 0 Å². The molecular formula is C20H25NO3. The molecule has 0 amide bonds. The zero-order valence-corrected chi connectivity index (χ0v) is 14.5. The number of hydrogen-bond donors (Lipinski definition) is 0. The zero-order valence-electron chi connectivity index (χ0n) is 14.5. The highest BCUT2D eigenvalue weighted by Gasteiger charge is 2.30. The van der Waals surface area contributed by atoms with Crippen molar-refractivity contribution in [1.29, 1.82) is 0 Å². The molecule has 24 heavy (non-hydrogen) atoms. The highest BCUT2D eigenvalue weighted by Crippen LogP contribution is 2.27. The van der Waals surface area contributed by atoms with Gasteiger partial charge < -0.3 is 4.74 Å². The van der Waals surface area contributed by atoms with E-state index in [1.807, 2.05) is 19.1 Å². The summed E-state index contributed by atoms with van der Waals surface area (Å²) in [5.41, 5.74) is 1.56. The molecule has 1 fully saturated rings. The van der Waals surface area contributed by atoms with Crippen LogP contribution in [0.15, 0.2) is 16.9 Å². The van der Waals surface area contributed by atoms with Crippen LogP contribution in [0.1, 0.15) is 56.3 Å². The average molecular weight is 327 g/mol. The minimum atomic E-state index is -0.464. The molecule has 128 valence electrons. The van der Waals surface area contributed by atoms with E-state index < -0.39 is 6.04 Å². The molecule has 4 heteroatoms. The monoisotopic (exact) mass is 327 g/mol. The number of carbonyl (C=O) groups is 1. The molecule has 1 aliphatic heterocycles. The zero-order chi connectivity index (χ0) is 17.1. The van der Waals surface area contributed by atoms with E-state index in [1.54, 1.807) is 11.5 Å². The molecule has 0 N–H and O–H groups in total. The van der Waals surface area contributed by atoms with Gasteiger partial charge in [-0.1, -0.05) is 6.07 Å². The summed E-state index contributed by atoms with van der Waals surface area (Å²) in [7, 11) is 0. The molecular weight excluding hydrogens is 302 g/mol. The van der Waals surface area contributed by atoms with Crippen LogP contribution in [0, 0.1) is 24.7 Å². The molecule has 0 spiro atoms. The Balaban J connectivity index is 1.68. The predicted molar refractivity (Wildman–Crippen MR) is 93.0 cm³/mol. The maximum Gasteiger partial charge on any atom is 0.254 e. The Morgan fingerprint density at radius 3 is 2.62 bits per heavy atom. The summed E-state index contributed by atoms with van der Waals surface area (Å²) in [4.78, 5) is 24.8. The van der Waals surface area contributed by atoms with Crippen molar-refractivity contribution in [3.63, 3.8) is 0 Å². The smallest absolute Gasteiger partial charge is 0.254 e. The Labute approximate surface area is 143 Å². The van der Waals surface area contributed by atoms with Crippen molar-refractivity contribution < 1.29 is 9.53 Å². The van der Waals surface area contributed by atoms with Gasteiger partial charge in [0.1, 0.15) is 6.04 Å². The summed E-state index contributed by atoms with van der Waals surface area (Å²) in [6.45, 7) is 3.99. The number of nitrogens with zero attached hydrogens (tertiary/aromatic N) is 1. The van der Waals surface area contributed by atoms with E-state index in [1.165, 1.54) is 0 Å². The normalized spacial score (nSPS) is 26.4. The van der Waals surface area contributed by atoms with E-state index in [9.17, 15) is 9.59 Å². The highest BCUT2D eigenvalue weighted by atomic mass is 16.5. The van der Waals surface area contributed by atoms with Gasteiger partial charge in [-0.3, -0.25) is 14.2 Å². The second-order valence-electron chi connectivity index (χ2n) is 6.87. The second kappa shape index (κ2) is 7.36. The Hall–Kier alpha value is -1.86. The number of Topliss-reactive ketones (excluding diaryl/α,β-unsaturated/α-hetero) is 1. The van der Waals surface area contributed by atoms with Gasteiger partial charge in [0.05, 0.1) is 12.7 Å².